The van der Waals surface area contributed by atoms with Gasteiger partial charge < -0.3 is 9.47 Å². The van der Waals surface area contributed by atoms with E-state index >= 15 is 0 Å². The van der Waals surface area contributed by atoms with Gasteiger partial charge in [-0.25, -0.2) is 4.98 Å². The fraction of sp³-hybridized carbons (Fsp3) is 0.500. The smallest absolute Gasteiger partial charge is 0.308 e. The molecule has 4 nitrogen and oxygen atoms in total. The predicted molar refractivity (Wildman–Crippen MR) is 90.6 cm³/mol. The number of aromatic nitrogens is 1. The van der Waals surface area contributed by atoms with Crippen molar-refractivity contribution >= 4 is 43.5 Å². The molecule has 0 aliphatic heterocycles. The lowest BCUT2D eigenvalue weighted by Crippen LogP contribution is -2.22. The van der Waals surface area contributed by atoms with Crippen molar-refractivity contribution in [3.63, 3.8) is 0 Å². The van der Waals surface area contributed by atoms with Crippen LogP contribution in [0.5, 0.6) is 5.75 Å². The highest BCUT2D eigenvalue weighted by molar-refractivity contribution is 9.10. The van der Waals surface area contributed by atoms with Crippen molar-refractivity contribution in [2.45, 2.75) is 31.6 Å². The number of methoxy groups -OCH3 is 2. The summed E-state index contributed by atoms with van der Waals surface area (Å²) >= 11 is 5.26. The van der Waals surface area contributed by atoms with Crippen molar-refractivity contribution in [3.05, 3.63) is 21.6 Å². The Morgan fingerprint density at radius 2 is 2.00 bits per heavy atom. The number of rotatable bonds is 3. The molecule has 118 valence electrons. The second-order valence-electron chi connectivity index (χ2n) is 5.58. The second-order valence-corrected chi connectivity index (χ2v) is 7.49. The van der Waals surface area contributed by atoms with Crippen molar-refractivity contribution in [1.82, 2.24) is 4.98 Å². The van der Waals surface area contributed by atoms with Crippen LogP contribution in [0.3, 0.4) is 0 Å². The van der Waals surface area contributed by atoms with E-state index in [1.165, 1.54) is 12.1 Å². The minimum atomic E-state index is -0.0728. The van der Waals surface area contributed by atoms with Gasteiger partial charge in [0.2, 0.25) is 0 Å². The summed E-state index contributed by atoms with van der Waals surface area (Å²) < 4.78 is 12.3. The highest BCUT2D eigenvalue weighted by atomic mass is 79.9. The number of fused-ring (bicyclic) bond motifs is 1. The highest BCUT2D eigenvalue weighted by Gasteiger charge is 2.29. The van der Waals surface area contributed by atoms with Gasteiger partial charge in [-0.3, -0.25) is 4.79 Å². The Labute approximate surface area is 142 Å². The van der Waals surface area contributed by atoms with Crippen LogP contribution in [0.15, 0.2) is 16.6 Å². The molecular weight excluding hydrogens is 366 g/mol. The van der Waals surface area contributed by atoms with Gasteiger partial charge in [-0.1, -0.05) is 0 Å². The van der Waals surface area contributed by atoms with E-state index < -0.39 is 0 Å². The van der Waals surface area contributed by atoms with Gasteiger partial charge >= 0.3 is 5.97 Å². The first-order chi connectivity index (χ1) is 10.6. The van der Waals surface area contributed by atoms with Crippen LogP contribution in [0.2, 0.25) is 0 Å². The number of esters is 1. The summed E-state index contributed by atoms with van der Waals surface area (Å²) in [5, 5.41) is 1.17. The topological polar surface area (TPSA) is 48.4 Å². The number of halogens is 1. The molecule has 0 spiro atoms. The number of nitrogens with zero attached hydrogens (tertiary/aromatic N) is 1. The van der Waals surface area contributed by atoms with E-state index in [9.17, 15) is 4.79 Å². The first-order valence-electron chi connectivity index (χ1n) is 7.34. The van der Waals surface area contributed by atoms with E-state index in [4.69, 9.17) is 14.5 Å². The van der Waals surface area contributed by atoms with Gasteiger partial charge in [-0.2, -0.15) is 0 Å². The standard InChI is InChI=1S/C16H18BrNO3S/c1-20-13-8-12-14(7-11(13)17)22-15(18-12)9-3-5-10(6-4-9)16(19)21-2/h7-10H,3-6H2,1-2H3/t9-,10-. The third kappa shape index (κ3) is 2.99. The zero-order chi connectivity index (χ0) is 15.7. The van der Waals surface area contributed by atoms with Crippen LogP contribution in [-0.4, -0.2) is 25.2 Å². The number of carbonyl (C=O) groups is 1. The predicted octanol–water partition coefficient (Wildman–Crippen LogP) is 4.51. The lowest BCUT2D eigenvalue weighted by atomic mass is 9.82. The highest BCUT2D eigenvalue weighted by Crippen LogP contribution is 2.41. The minimum Gasteiger partial charge on any atom is -0.495 e. The van der Waals surface area contributed by atoms with Crippen molar-refractivity contribution in [3.8, 4) is 5.75 Å². The second kappa shape index (κ2) is 6.54. The van der Waals surface area contributed by atoms with Crippen LogP contribution in [0.25, 0.3) is 10.2 Å². The summed E-state index contributed by atoms with van der Waals surface area (Å²) in [6.45, 7) is 0. The molecule has 1 aromatic heterocycles. The maximum Gasteiger partial charge on any atom is 0.308 e. The summed E-state index contributed by atoms with van der Waals surface area (Å²) in [6, 6.07) is 4.04. The third-order valence-electron chi connectivity index (χ3n) is 4.29. The molecule has 0 amide bonds. The van der Waals surface area contributed by atoms with E-state index in [-0.39, 0.29) is 11.9 Å². The Hall–Kier alpha value is -1.14. The summed E-state index contributed by atoms with van der Waals surface area (Å²) in [4.78, 5) is 16.4. The third-order valence-corrected chi connectivity index (χ3v) is 6.09. The Morgan fingerprint density at radius 1 is 1.27 bits per heavy atom. The normalized spacial score (nSPS) is 21.8. The maximum atomic E-state index is 11.6. The summed E-state index contributed by atoms with van der Waals surface area (Å²) in [6.07, 6.45) is 3.77. The molecule has 0 N–H and O–H groups in total. The van der Waals surface area contributed by atoms with Crippen molar-refractivity contribution in [2.75, 3.05) is 14.2 Å². The molecule has 1 heterocycles. The molecule has 1 saturated carbocycles. The lowest BCUT2D eigenvalue weighted by molar-refractivity contribution is -0.146. The molecule has 2 aromatic rings. The van der Waals surface area contributed by atoms with Crippen LogP contribution in [0.4, 0.5) is 0 Å². The minimum absolute atomic E-state index is 0.0601. The van der Waals surface area contributed by atoms with E-state index in [2.05, 4.69) is 22.0 Å². The van der Waals surface area contributed by atoms with Gasteiger partial charge in [0.25, 0.3) is 0 Å². The van der Waals surface area contributed by atoms with E-state index in [0.29, 0.717) is 5.92 Å². The SMILES string of the molecule is COc1cc2nc([C@H]3CC[C@H](C(=O)OC)CC3)sc2cc1Br. The fourth-order valence-electron chi connectivity index (χ4n) is 3.02. The Balaban J connectivity index is 1.79. The van der Waals surface area contributed by atoms with Crippen LogP contribution in [0, 0.1) is 5.92 Å². The molecule has 0 atom stereocenters. The Bertz CT molecular complexity index is 692. The van der Waals surface area contributed by atoms with Crippen LogP contribution < -0.4 is 4.74 Å². The average Bonchev–Trinajstić information content (AvgIpc) is 2.96. The first-order valence-corrected chi connectivity index (χ1v) is 8.95. The molecule has 22 heavy (non-hydrogen) atoms. The van der Waals surface area contributed by atoms with E-state index in [1.54, 1.807) is 18.4 Å². The van der Waals surface area contributed by atoms with Crippen LogP contribution in [-0.2, 0) is 9.53 Å². The number of hydrogen-bond donors (Lipinski definition) is 0. The number of hydrogen-bond acceptors (Lipinski definition) is 5. The molecule has 1 fully saturated rings. The Morgan fingerprint density at radius 3 is 2.64 bits per heavy atom. The van der Waals surface area contributed by atoms with Crippen molar-refractivity contribution in [2.24, 2.45) is 5.92 Å². The fourth-order valence-corrected chi connectivity index (χ4v) is 4.84. The molecule has 0 saturated heterocycles. The van der Waals surface area contributed by atoms with E-state index in [0.717, 1.165) is 46.1 Å². The van der Waals surface area contributed by atoms with Crippen molar-refractivity contribution in [1.29, 1.82) is 0 Å². The zero-order valence-corrected chi connectivity index (χ0v) is 15.0. The van der Waals surface area contributed by atoms with Crippen LogP contribution in [0.1, 0.15) is 36.6 Å². The van der Waals surface area contributed by atoms with Gasteiger partial charge in [0.1, 0.15) is 5.75 Å². The van der Waals surface area contributed by atoms with Gasteiger partial charge in [0, 0.05) is 12.0 Å². The molecule has 0 unspecified atom stereocenters. The van der Waals surface area contributed by atoms with E-state index in [1.807, 2.05) is 6.07 Å². The van der Waals surface area contributed by atoms with Gasteiger partial charge in [-0.05, 0) is 47.7 Å². The van der Waals surface area contributed by atoms with Crippen molar-refractivity contribution < 1.29 is 14.3 Å². The first kappa shape index (κ1) is 15.7. The molecule has 1 aliphatic carbocycles. The molecule has 1 aromatic carbocycles. The molecule has 1 aliphatic rings. The number of thiazole rings is 1. The van der Waals surface area contributed by atoms with Gasteiger partial charge in [-0.15, -0.1) is 11.3 Å². The quantitative estimate of drug-likeness (QED) is 0.731. The number of carbonyl (C=O) groups excluding carboxylic acids is 1. The van der Waals surface area contributed by atoms with Gasteiger partial charge in [0.05, 0.1) is 39.8 Å². The average molecular weight is 384 g/mol. The summed E-state index contributed by atoms with van der Waals surface area (Å²) in [7, 11) is 3.13. The zero-order valence-electron chi connectivity index (χ0n) is 12.6. The number of ether oxygens (including phenoxy) is 2. The molecule has 3 rings (SSSR count). The largest absolute Gasteiger partial charge is 0.495 e. The summed E-state index contributed by atoms with van der Waals surface area (Å²) in [5.74, 6) is 1.24. The molecule has 0 radical (unpaired) electrons. The molecule has 0 bridgehead atoms. The summed E-state index contributed by atoms with van der Waals surface area (Å²) in [5.41, 5.74) is 0.982. The molecular formula is C16H18BrNO3S. The molecule has 6 heteroatoms. The van der Waals surface area contributed by atoms with Crippen LogP contribution >= 0.6 is 27.3 Å². The van der Waals surface area contributed by atoms with Gasteiger partial charge in [0.15, 0.2) is 0 Å². The monoisotopic (exact) mass is 383 g/mol. The Kier molecular flexibility index (Phi) is 4.68. The maximum absolute atomic E-state index is 11.6. The lowest BCUT2D eigenvalue weighted by Gasteiger charge is -2.25. The number of benzene rings is 1.